The average Bonchev–Trinajstić information content (AvgIpc) is 2.92. The predicted octanol–water partition coefficient (Wildman–Crippen LogP) is 4.14. The molecule has 0 unspecified atom stereocenters. The zero-order chi connectivity index (χ0) is 26.4. The van der Waals surface area contributed by atoms with E-state index >= 15 is 0 Å². The highest BCUT2D eigenvalue weighted by atomic mass is 16.6. The Balaban J connectivity index is 1.75. The first-order valence-corrected chi connectivity index (χ1v) is 11.1. The summed E-state index contributed by atoms with van der Waals surface area (Å²) in [5.41, 5.74) is 1.34. The molecule has 0 N–H and O–H groups in total. The molecular formula is C26H23N5O6. The smallest absolute Gasteiger partial charge is 0.282 e. The summed E-state index contributed by atoms with van der Waals surface area (Å²) in [6.45, 7) is 1.63. The first-order valence-electron chi connectivity index (χ1n) is 11.1. The van der Waals surface area contributed by atoms with Crippen molar-refractivity contribution in [3.63, 3.8) is 0 Å². The summed E-state index contributed by atoms with van der Waals surface area (Å²) in [7, 11) is 2.79. The number of hydrogen-bond acceptors (Lipinski definition) is 9. The largest absolute Gasteiger partial charge is 0.493 e. The molecule has 0 aliphatic rings. The number of aromatic nitrogens is 2. The highest BCUT2D eigenvalue weighted by Gasteiger charge is 2.19. The topological polar surface area (TPSA) is 130 Å². The maximum atomic E-state index is 13.3. The summed E-state index contributed by atoms with van der Waals surface area (Å²) in [5, 5.41) is 20.4. The molecule has 0 bridgehead atoms. The van der Waals surface area contributed by atoms with E-state index < -0.39 is 10.5 Å². The Kier molecular flexibility index (Phi) is 7.53. The van der Waals surface area contributed by atoms with Crippen molar-refractivity contribution in [2.75, 3.05) is 14.2 Å². The van der Waals surface area contributed by atoms with Crippen molar-refractivity contribution < 1.29 is 19.2 Å². The molecule has 4 aromatic rings. The van der Waals surface area contributed by atoms with E-state index in [0.29, 0.717) is 16.6 Å². The first-order chi connectivity index (χ1) is 17.9. The van der Waals surface area contributed by atoms with Gasteiger partial charge in [0.15, 0.2) is 23.9 Å². The number of nitrogens with zero attached hydrogens (tertiary/aromatic N) is 5. The number of para-hydroxylation sites is 1. The quantitative estimate of drug-likeness (QED) is 0.191. The summed E-state index contributed by atoms with van der Waals surface area (Å²) < 4.78 is 11.5. The molecule has 1 heterocycles. The molecule has 0 saturated carbocycles. The lowest BCUT2D eigenvalue weighted by atomic mass is 10.1. The number of oxime groups is 1. The minimum atomic E-state index is -0.574. The number of ether oxygens (including phenoxy) is 2. The maximum absolute atomic E-state index is 13.3. The third-order valence-corrected chi connectivity index (χ3v) is 5.45. The second-order valence-electron chi connectivity index (χ2n) is 7.75. The van der Waals surface area contributed by atoms with Gasteiger partial charge in [0.2, 0.25) is 0 Å². The van der Waals surface area contributed by atoms with Gasteiger partial charge in [-0.15, -0.1) is 0 Å². The van der Waals surface area contributed by atoms with Gasteiger partial charge in [-0.05, 0) is 30.7 Å². The molecule has 11 heteroatoms. The average molecular weight is 501 g/mol. The van der Waals surface area contributed by atoms with Crippen LogP contribution >= 0.6 is 0 Å². The highest BCUT2D eigenvalue weighted by Crippen LogP contribution is 2.33. The minimum Gasteiger partial charge on any atom is -0.493 e. The number of rotatable bonds is 9. The van der Waals surface area contributed by atoms with Crippen LogP contribution in [-0.2, 0) is 11.4 Å². The third-order valence-electron chi connectivity index (χ3n) is 5.45. The van der Waals surface area contributed by atoms with Crippen molar-refractivity contribution in [2.24, 2.45) is 10.3 Å². The van der Waals surface area contributed by atoms with E-state index in [1.165, 1.54) is 32.6 Å². The lowest BCUT2D eigenvalue weighted by Crippen LogP contribution is -2.23. The van der Waals surface area contributed by atoms with Crippen LogP contribution in [0.5, 0.6) is 11.5 Å². The van der Waals surface area contributed by atoms with Gasteiger partial charge in [-0.3, -0.25) is 14.9 Å². The molecule has 0 aliphatic carbocycles. The van der Waals surface area contributed by atoms with E-state index in [0.717, 1.165) is 10.2 Å². The predicted molar refractivity (Wildman–Crippen MR) is 139 cm³/mol. The molecule has 0 fully saturated rings. The van der Waals surface area contributed by atoms with Crippen LogP contribution in [0.4, 0.5) is 5.69 Å². The number of benzene rings is 3. The maximum Gasteiger partial charge on any atom is 0.282 e. The lowest BCUT2D eigenvalue weighted by Gasteiger charge is -2.10. The number of nitro groups is 1. The molecule has 0 saturated heterocycles. The lowest BCUT2D eigenvalue weighted by molar-refractivity contribution is -0.385. The number of nitro benzene ring substituents is 1. The van der Waals surface area contributed by atoms with Gasteiger partial charge in [-0.25, -0.2) is 4.98 Å². The monoisotopic (exact) mass is 501 g/mol. The molecule has 11 nitrogen and oxygen atoms in total. The van der Waals surface area contributed by atoms with E-state index in [2.05, 4.69) is 15.2 Å². The Morgan fingerprint density at radius 3 is 2.43 bits per heavy atom. The van der Waals surface area contributed by atoms with Crippen molar-refractivity contribution in [3.05, 3.63) is 104 Å². The van der Waals surface area contributed by atoms with Gasteiger partial charge >= 0.3 is 0 Å². The van der Waals surface area contributed by atoms with E-state index in [9.17, 15) is 14.9 Å². The minimum absolute atomic E-state index is 0.104. The van der Waals surface area contributed by atoms with Gasteiger partial charge < -0.3 is 14.3 Å². The molecule has 0 atom stereocenters. The van der Waals surface area contributed by atoms with Crippen LogP contribution in [0.3, 0.4) is 0 Å². The second-order valence-corrected chi connectivity index (χ2v) is 7.75. The van der Waals surface area contributed by atoms with E-state index in [1.54, 1.807) is 31.2 Å². The summed E-state index contributed by atoms with van der Waals surface area (Å²) in [6, 6.07) is 18.9. The number of fused-ring (bicyclic) bond motifs is 1. The first kappa shape index (κ1) is 25.0. The Morgan fingerprint density at radius 1 is 1.05 bits per heavy atom. The van der Waals surface area contributed by atoms with Crippen molar-refractivity contribution in [2.45, 2.75) is 13.5 Å². The summed E-state index contributed by atoms with van der Waals surface area (Å²) in [6.07, 6.45) is 1.19. The highest BCUT2D eigenvalue weighted by molar-refractivity contribution is 5.98. The van der Waals surface area contributed by atoms with E-state index in [1.807, 2.05) is 30.3 Å². The summed E-state index contributed by atoms with van der Waals surface area (Å²) in [4.78, 5) is 34.4. The standard InChI is InChI=1S/C26H23N5O6/c1-17(18-9-5-4-6-10-18)29-37-16-25-28-21-12-8-7-11-20(21)26(32)30(25)27-15-19-13-23(35-2)24(36-3)14-22(19)31(33)34/h4-15H,16H2,1-3H3. The molecule has 3 aromatic carbocycles. The van der Waals surface area contributed by atoms with Gasteiger partial charge in [0.1, 0.15) is 0 Å². The Bertz CT molecular complexity index is 1560. The van der Waals surface area contributed by atoms with Crippen LogP contribution in [0, 0.1) is 10.1 Å². The fraction of sp³-hybridized carbons (Fsp3) is 0.154. The molecule has 0 aliphatic heterocycles. The molecule has 4 rings (SSSR count). The Labute approximate surface area is 211 Å². The van der Waals surface area contributed by atoms with Crippen molar-refractivity contribution >= 4 is 28.5 Å². The number of methoxy groups -OCH3 is 2. The van der Waals surface area contributed by atoms with E-state index in [4.69, 9.17) is 14.3 Å². The van der Waals surface area contributed by atoms with Crippen LogP contribution in [0.2, 0.25) is 0 Å². The molecule has 37 heavy (non-hydrogen) atoms. The molecule has 188 valence electrons. The summed E-state index contributed by atoms with van der Waals surface area (Å²) >= 11 is 0. The molecule has 0 amide bonds. The van der Waals surface area contributed by atoms with Crippen molar-refractivity contribution in [1.82, 2.24) is 9.66 Å². The fourth-order valence-electron chi connectivity index (χ4n) is 3.57. The molecule has 0 radical (unpaired) electrons. The van der Waals surface area contributed by atoms with Gasteiger partial charge in [0.25, 0.3) is 11.2 Å². The van der Waals surface area contributed by atoms with E-state index in [-0.39, 0.29) is 35.2 Å². The Hall–Kier alpha value is -5.06. The van der Waals surface area contributed by atoms with Crippen LogP contribution in [0.1, 0.15) is 23.9 Å². The van der Waals surface area contributed by atoms with Gasteiger partial charge in [0, 0.05) is 0 Å². The zero-order valence-corrected chi connectivity index (χ0v) is 20.3. The van der Waals surface area contributed by atoms with Crippen LogP contribution in [-0.4, -0.2) is 40.7 Å². The zero-order valence-electron chi connectivity index (χ0n) is 20.3. The fourth-order valence-corrected chi connectivity index (χ4v) is 3.57. The normalized spacial score (nSPS) is 11.6. The van der Waals surface area contributed by atoms with Crippen LogP contribution in [0.25, 0.3) is 10.9 Å². The van der Waals surface area contributed by atoms with Crippen LogP contribution in [0.15, 0.2) is 81.8 Å². The van der Waals surface area contributed by atoms with Gasteiger partial charge in [-0.1, -0.05) is 47.6 Å². The third kappa shape index (κ3) is 5.45. The molecule has 1 aromatic heterocycles. The van der Waals surface area contributed by atoms with Crippen molar-refractivity contribution in [3.8, 4) is 11.5 Å². The second kappa shape index (κ2) is 11.1. The summed E-state index contributed by atoms with van der Waals surface area (Å²) in [5.74, 6) is 0.622. The molecule has 0 spiro atoms. The van der Waals surface area contributed by atoms with Crippen LogP contribution < -0.4 is 15.0 Å². The van der Waals surface area contributed by atoms with Gasteiger partial charge in [0.05, 0.1) is 53.6 Å². The Morgan fingerprint density at radius 2 is 1.73 bits per heavy atom. The molecular weight excluding hydrogens is 478 g/mol. The van der Waals surface area contributed by atoms with Crippen molar-refractivity contribution in [1.29, 1.82) is 0 Å². The van der Waals surface area contributed by atoms with Gasteiger partial charge in [-0.2, -0.15) is 9.78 Å². The number of hydrogen-bond donors (Lipinski definition) is 0. The SMILES string of the molecule is COc1cc(C=Nn2c(CON=C(C)c3ccccc3)nc3ccccc3c2=O)c([N+](=O)[O-])cc1OC.